The quantitative estimate of drug-likeness (QED) is 0.557. The molecular weight excluding hydrogens is 136 g/mol. The van der Waals surface area contributed by atoms with Crippen molar-refractivity contribution >= 4 is 0 Å². The van der Waals surface area contributed by atoms with E-state index in [2.05, 4.69) is 38.1 Å². The number of ether oxygens (including phenoxy) is 1. The number of epoxide rings is 1. The molecule has 1 aliphatic rings. The maximum atomic E-state index is 5.36. The van der Waals surface area contributed by atoms with Crippen LogP contribution in [0.15, 0.2) is 24.3 Å². The molecule has 0 aliphatic carbocycles. The number of benzene rings is 1. The summed E-state index contributed by atoms with van der Waals surface area (Å²) in [6.45, 7) is 4.21. The monoisotopic (exact) mass is 148 g/mol. The highest BCUT2D eigenvalue weighted by molar-refractivity contribution is 5.26. The first-order valence-corrected chi connectivity index (χ1v) is 3.99. The van der Waals surface area contributed by atoms with Crippen LogP contribution in [0.25, 0.3) is 0 Å². The topological polar surface area (TPSA) is 12.5 Å². The Balaban J connectivity index is 2.25. The van der Waals surface area contributed by atoms with Gasteiger partial charge in [0.2, 0.25) is 0 Å². The van der Waals surface area contributed by atoms with Gasteiger partial charge in [0, 0.05) is 0 Å². The highest BCUT2D eigenvalue weighted by Crippen LogP contribution is 2.37. The Kier molecular flexibility index (Phi) is 1.46. The van der Waals surface area contributed by atoms with Crippen molar-refractivity contribution in [2.24, 2.45) is 0 Å². The van der Waals surface area contributed by atoms with E-state index in [-0.39, 0.29) is 0 Å². The lowest BCUT2D eigenvalue weighted by Gasteiger charge is -1.96. The van der Waals surface area contributed by atoms with Gasteiger partial charge >= 0.3 is 0 Å². The third-order valence-corrected chi connectivity index (χ3v) is 2.08. The van der Waals surface area contributed by atoms with Crippen LogP contribution in [-0.4, -0.2) is 6.10 Å². The van der Waals surface area contributed by atoms with Crippen LogP contribution in [0.5, 0.6) is 0 Å². The zero-order valence-electron chi connectivity index (χ0n) is 6.87. The van der Waals surface area contributed by atoms with Crippen molar-refractivity contribution in [2.45, 2.75) is 26.1 Å². The van der Waals surface area contributed by atoms with Gasteiger partial charge in [0.05, 0.1) is 6.10 Å². The van der Waals surface area contributed by atoms with Gasteiger partial charge in [-0.15, -0.1) is 0 Å². The second-order valence-corrected chi connectivity index (χ2v) is 3.18. The molecule has 2 unspecified atom stereocenters. The van der Waals surface area contributed by atoms with Crippen LogP contribution >= 0.6 is 0 Å². The molecule has 0 amide bonds. The fourth-order valence-electron chi connectivity index (χ4n) is 1.38. The van der Waals surface area contributed by atoms with Crippen molar-refractivity contribution in [2.75, 3.05) is 0 Å². The number of hydrogen-bond donors (Lipinski definition) is 0. The molecular formula is C10H12O. The molecule has 0 saturated carbocycles. The predicted molar refractivity (Wildman–Crippen MR) is 44.5 cm³/mol. The van der Waals surface area contributed by atoms with Gasteiger partial charge in [-0.1, -0.05) is 29.8 Å². The molecule has 0 bridgehead atoms. The zero-order valence-corrected chi connectivity index (χ0v) is 6.87. The second kappa shape index (κ2) is 2.35. The van der Waals surface area contributed by atoms with Crippen LogP contribution in [0.2, 0.25) is 0 Å². The minimum atomic E-state index is 0.370. The smallest absolute Gasteiger partial charge is 0.109 e. The molecule has 0 aromatic heterocycles. The van der Waals surface area contributed by atoms with Crippen molar-refractivity contribution in [3.05, 3.63) is 35.4 Å². The van der Waals surface area contributed by atoms with Crippen LogP contribution in [0.3, 0.4) is 0 Å². The summed E-state index contributed by atoms with van der Waals surface area (Å²) in [5.74, 6) is 0. The average Bonchev–Trinajstić information content (AvgIpc) is 2.67. The molecule has 1 aromatic rings. The van der Waals surface area contributed by atoms with Crippen LogP contribution in [0.1, 0.15) is 24.2 Å². The van der Waals surface area contributed by atoms with E-state index in [1.54, 1.807) is 0 Å². The Morgan fingerprint density at radius 3 is 2.64 bits per heavy atom. The molecule has 58 valence electrons. The SMILES string of the molecule is Cc1cccc(C2OC2C)c1. The molecule has 2 rings (SSSR count). The second-order valence-electron chi connectivity index (χ2n) is 3.18. The maximum Gasteiger partial charge on any atom is 0.109 e. The van der Waals surface area contributed by atoms with E-state index < -0.39 is 0 Å². The molecule has 0 N–H and O–H groups in total. The van der Waals surface area contributed by atoms with Crippen molar-refractivity contribution in [1.82, 2.24) is 0 Å². The van der Waals surface area contributed by atoms with Gasteiger partial charge in [-0.3, -0.25) is 0 Å². The summed E-state index contributed by atoms with van der Waals surface area (Å²) in [5.41, 5.74) is 2.63. The maximum absolute atomic E-state index is 5.36. The molecule has 1 saturated heterocycles. The summed E-state index contributed by atoms with van der Waals surface area (Å²) in [7, 11) is 0. The Morgan fingerprint density at radius 2 is 2.09 bits per heavy atom. The molecule has 11 heavy (non-hydrogen) atoms. The van der Waals surface area contributed by atoms with E-state index in [0.717, 1.165) is 0 Å². The molecule has 2 atom stereocenters. The van der Waals surface area contributed by atoms with Crippen LogP contribution in [0.4, 0.5) is 0 Å². The van der Waals surface area contributed by atoms with Gasteiger partial charge in [-0.25, -0.2) is 0 Å². The standard InChI is InChI=1S/C10H12O/c1-7-4-3-5-9(6-7)10-8(2)11-10/h3-6,8,10H,1-2H3. The molecule has 0 radical (unpaired) electrons. The van der Waals surface area contributed by atoms with Crippen LogP contribution in [-0.2, 0) is 4.74 Å². The summed E-state index contributed by atoms with van der Waals surface area (Å²) in [6, 6.07) is 8.50. The Hall–Kier alpha value is -0.820. The largest absolute Gasteiger partial charge is 0.365 e. The van der Waals surface area contributed by atoms with Crippen LogP contribution in [0, 0.1) is 6.92 Å². The van der Waals surface area contributed by atoms with Crippen molar-refractivity contribution in [3.8, 4) is 0 Å². The Labute approximate surface area is 67.0 Å². The number of aryl methyl sites for hydroxylation is 1. The molecule has 0 spiro atoms. The third-order valence-electron chi connectivity index (χ3n) is 2.08. The molecule has 1 aliphatic heterocycles. The molecule has 1 aromatic carbocycles. The van der Waals surface area contributed by atoms with E-state index in [4.69, 9.17) is 4.74 Å². The molecule has 1 nitrogen and oxygen atoms in total. The van der Waals surface area contributed by atoms with E-state index in [1.165, 1.54) is 11.1 Å². The molecule has 1 heteroatoms. The van der Waals surface area contributed by atoms with Crippen LogP contribution < -0.4 is 0 Å². The van der Waals surface area contributed by atoms with E-state index >= 15 is 0 Å². The molecule has 1 fully saturated rings. The summed E-state index contributed by atoms with van der Waals surface area (Å²) in [6.07, 6.45) is 0.798. The first-order chi connectivity index (χ1) is 5.27. The Morgan fingerprint density at radius 1 is 1.36 bits per heavy atom. The van der Waals surface area contributed by atoms with E-state index in [9.17, 15) is 0 Å². The summed E-state index contributed by atoms with van der Waals surface area (Å²) in [5, 5.41) is 0. The van der Waals surface area contributed by atoms with Crippen molar-refractivity contribution in [3.63, 3.8) is 0 Å². The van der Waals surface area contributed by atoms with Gasteiger partial charge in [0.15, 0.2) is 0 Å². The van der Waals surface area contributed by atoms with Gasteiger partial charge in [0.1, 0.15) is 6.10 Å². The van der Waals surface area contributed by atoms with Gasteiger partial charge in [-0.2, -0.15) is 0 Å². The zero-order chi connectivity index (χ0) is 7.84. The van der Waals surface area contributed by atoms with Crippen molar-refractivity contribution < 1.29 is 4.74 Å². The fourth-order valence-corrected chi connectivity index (χ4v) is 1.38. The number of hydrogen-bond acceptors (Lipinski definition) is 1. The van der Waals surface area contributed by atoms with Gasteiger partial charge < -0.3 is 4.74 Å². The lowest BCUT2D eigenvalue weighted by atomic mass is 10.1. The predicted octanol–water partition coefficient (Wildman–Crippen LogP) is 2.45. The normalized spacial score (nSPS) is 28.5. The lowest BCUT2D eigenvalue weighted by Crippen LogP contribution is -1.83. The van der Waals surface area contributed by atoms with Gasteiger partial charge in [-0.05, 0) is 19.4 Å². The summed E-state index contributed by atoms with van der Waals surface area (Å²) >= 11 is 0. The third kappa shape index (κ3) is 1.29. The lowest BCUT2D eigenvalue weighted by molar-refractivity contribution is 0.383. The Bertz CT molecular complexity index is 267. The van der Waals surface area contributed by atoms with Crippen molar-refractivity contribution in [1.29, 1.82) is 0 Å². The highest BCUT2D eigenvalue weighted by Gasteiger charge is 2.35. The average molecular weight is 148 g/mol. The first kappa shape index (κ1) is 6.86. The van der Waals surface area contributed by atoms with E-state index in [1.807, 2.05) is 0 Å². The first-order valence-electron chi connectivity index (χ1n) is 3.99. The van der Waals surface area contributed by atoms with E-state index in [0.29, 0.717) is 12.2 Å². The minimum absolute atomic E-state index is 0.370. The summed E-state index contributed by atoms with van der Waals surface area (Å²) < 4.78 is 5.36. The molecule has 1 heterocycles. The summed E-state index contributed by atoms with van der Waals surface area (Å²) in [4.78, 5) is 0. The van der Waals surface area contributed by atoms with Gasteiger partial charge in [0.25, 0.3) is 0 Å². The highest BCUT2D eigenvalue weighted by atomic mass is 16.6. The number of rotatable bonds is 1. The fraction of sp³-hybridized carbons (Fsp3) is 0.400. The minimum Gasteiger partial charge on any atom is -0.365 e.